The van der Waals surface area contributed by atoms with E-state index in [1.807, 2.05) is 18.2 Å². The molecule has 0 amide bonds. The minimum atomic E-state index is 0.741. The van der Waals surface area contributed by atoms with E-state index < -0.39 is 0 Å². The van der Waals surface area contributed by atoms with E-state index in [1.54, 1.807) is 6.21 Å². The third kappa shape index (κ3) is 3.62. The van der Waals surface area contributed by atoms with Crippen molar-refractivity contribution in [2.24, 2.45) is 4.99 Å². The molecule has 0 aliphatic rings. The largest absolute Gasteiger partial charge is 0.455 e. The number of aryl methyl sites for hydroxylation is 3. The summed E-state index contributed by atoms with van der Waals surface area (Å²) in [4.78, 5) is 4.49. The Morgan fingerprint density at radius 3 is 2.48 bits per heavy atom. The SMILES string of the molecule is Cc1ccc(-c2ccc(C=Nc3ccc(C)c(C)c3)o2)c(Br)c1. The fraction of sp³-hybridized carbons (Fsp3) is 0.150. The molecule has 0 aliphatic heterocycles. The summed E-state index contributed by atoms with van der Waals surface area (Å²) in [7, 11) is 0. The molecule has 0 saturated carbocycles. The van der Waals surface area contributed by atoms with E-state index in [2.05, 4.69) is 72.0 Å². The van der Waals surface area contributed by atoms with E-state index in [9.17, 15) is 0 Å². The van der Waals surface area contributed by atoms with Crippen molar-refractivity contribution < 1.29 is 4.42 Å². The quantitative estimate of drug-likeness (QED) is 0.492. The number of furan rings is 1. The highest BCUT2D eigenvalue weighted by atomic mass is 79.9. The van der Waals surface area contributed by atoms with Crippen molar-refractivity contribution in [2.45, 2.75) is 20.8 Å². The van der Waals surface area contributed by atoms with Gasteiger partial charge in [-0.05, 0) is 73.9 Å². The maximum atomic E-state index is 5.89. The maximum absolute atomic E-state index is 5.89. The highest BCUT2D eigenvalue weighted by Gasteiger charge is 2.07. The van der Waals surface area contributed by atoms with Crippen LogP contribution in [-0.2, 0) is 0 Å². The zero-order valence-corrected chi connectivity index (χ0v) is 15.0. The number of nitrogens with zero attached hydrogens (tertiary/aromatic N) is 1. The molecular weight excluding hydrogens is 350 g/mol. The topological polar surface area (TPSA) is 25.5 Å². The second-order valence-corrected chi connectivity index (χ2v) is 6.57. The number of hydrogen-bond acceptors (Lipinski definition) is 2. The minimum absolute atomic E-state index is 0.741. The van der Waals surface area contributed by atoms with Crippen LogP contribution in [0.1, 0.15) is 22.5 Å². The predicted molar refractivity (Wildman–Crippen MR) is 99.8 cm³/mol. The van der Waals surface area contributed by atoms with Crippen LogP contribution in [0.15, 0.2) is 62.4 Å². The lowest BCUT2D eigenvalue weighted by atomic mass is 10.1. The van der Waals surface area contributed by atoms with Crippen molar-refractivity contribution in [3.8, 4) is 11.3 Å². The van der Waals surface area contributed by atoms with Gasteiger partial charge in [0.2, 0.25) is 0 Å². The Kier molecular flexibility index (Phi) is 4.49. The van der Waals surface area contributed by atoms with Crippen LogP contribution < -0.4 is 0 Å². The van der Waals surface area contributed by atoms with Crippen molar-refractivity contribution in [1.82, 2.24) is 0 Å². The lowest BCUT2D eigenvalue weighted by Crippen LogP contribution is -1.80. The Morgan fingerprint density at radius 2 is 1.74 bits per heavy atom. The molecular formula is C20H18BrNO. The first-order valence-corrected chi connectivity index (χ1v) is 8.30. The molecule has 0 radical (unpaired) electrons. The minimum Gasteiger partial charge on any atom is -0.455 e. The van der Waals surface area contributed by atoms with Crippen molar-refractivity contribution in [3.63, 3.8) is 0 Å². The summed E-state index contributed by atoms with van der Waals surface area (Å²) in [5, 5.41) is 0. The molecule has 2 aromatic carbocycles. The third-order valence-electron chi connectivity index (χ3n) is 3.85. The Hall–Kier alpha value is -2.13. The predicted octanol–water partition coefficient (Wildman–Crippen LogP) is 6.38. The second kappa shape index (κ2) is 6.55. The zero-order valence-electron chi connectivity index (χ0n) is 13.4. The summed E-state index contributed by atoms with van der Waals surface area (Å²) in [6.45, 7) is 6.26. The van der Waals surface area contributed by atoms with Crippen LogP contribution in [0.25, 0.3) is 11.3 Å². The smallest absolute Gasteiger partial charge is 0.145 e. The highest BCUT2D eigenvalue weighted by molar-refractivity contribution is 9.10. The van der Waals surface area contributed by atoms with Gasteiger partial charge in [0.1, 0.15) is 11.5 Å². The molecule has 0 aliphatic carbocycles. The van der Waals surface area contributed by atoms with E-state index in [4.69, 9.17) is 4.42 Å². The molecule has 3 heteroatoms. The van der Waals surface area contributed by atoms with Gasteiger partial charge in [-0.1, -0.05) is 28.1 Å². The van der Waals surface area contributed by atoms with Gasteiger partial charge in [-0.3, -0.25) is 4.99 Å². The first kappa shape index (κ1) is 15.8. The maximum Gasteiger partial charge on any atom is 0.145 e. The Bertz CT molecular complexity index is 877. The molecule has 1 aromatic heterocycles. The van der Waals surface area contributed by atoms with Crippen LogP contribution in [0, 0.1) is 20.8 Å². The van der Waals surface area contributed by atoms with E-state index in [1.165, 1.54) is 16.7 Å². The fourth-order valence-corrected chi connectivity index (χ4v) is 3.02. The molecule has 0 atom stereocenters. The Morgan fingerprint density at radius 1 is 0.913 bits per heavy atom. The fourth-order valence-electron chi connectivity index (χ4n) is 2.33. The average molecular weight is 368 g/mol. The Labute approximate surface area is 145 Å². The van der Waals surface area contributed by atoms with Crippen LogP contribution in [0.4, 0.5) is 5.69 Å². The molecule has 0 fully saturated rings. The number of hydrogen-bond donors (Lipinski definition) is 0. The van der Waals surface area contributed by atoms with E-state index in [0.717, 1.165) is 27.2 Å². The molecule has 0 spiro atoms. The number of benzene rings is 2. The van der Waals surface area contributed by atoms with E-state index in [-0.39, 0.29) is 0 Å². The van der Waals surface area contributed by atoms with Gasteiger partial charge >= 0.3 is 0 Å². The molecule has 3 aromatic rings. The van der Waals surface area contributed by atoms with Crippen LogP contribution >= 0.6 is 15.9 Å². The van der Waals surface area contributed by atoms with Crippen molar-refractivity contribution in [1.29, 1.82) is 0 Å². The van der Waals surface area contributed by atoms with Gasteiger partial charge in [0.25, 0.3) is 0 Å². The van der Waals surface area contributed by atoms with Gasteiger partial charge in [-0.15, -0.1) is 0 Å². The Balaban J connectivity index is 1.84. The molecule has 3 rings (SSSR count). The molecule has 2 nitrogen and oxygen atoms in total. The number of halogens is 1. The highest BCUT2D eigenvalue weighted by Crippen LogP contribution is 2.30. The van der Waals surface area contributed by atoms with Crippen molar-refractivity contribution in [3.05, 3.63) is 75.5 Å². The lowest BCUT2D eigenvalue weighted by molar-refractivity contribution is 0.575. The summed E-state index contributed by atoms with van der Waals surface area (Å²) in [5.74, 6) is 1.57. The lowest BCUT2D eigenvalue weighted by Gasteiger charge is -2.02. The van der Waals surface area contributed by atoms with Gasteiger partial charge in [0.15, 0.2) is 0 Å². The molecule has 0 unspecified atom stereocenters. The summed E-state index contributed by atoms with van der Waals surface area (Å²) < 4.78 is 6.92. The molecule has 116 valence electrons. The molecule has 23 heavy (non-hydrogen) atoms. The van der Waals surface area contributed by atoms with Crippen molar-refractivity contribution in [2.75, 3.05) is 0 Å². The monoisotopic (exact) mass is 367 g/mol. The van der Waals surface area contributed by atoms with Crippen LogP contribution in [-0.4, -0.2) is 6.21 Å². The van der Waals surface area contributed by atoms with Gasteiger partial charge in [-0.25, -0.2) is 0 Å². The van der Waals surface area contributed by atoms with Crippen molar-refractivity contribution >= 4 is 27.8 Å². The molecule has 0 N–H and O–H groups in total. The molecule has 0 bridgehead atoms. The van der Waals surface area contributed by atoms with E-state index in [0.29, 0.717) is 0 Å². The third-order valence-corrected chi connectivity index (χ3v) is 4.50. The standard InChI is InChI=1S/C20H18BrNO/c1-13-4-8-18(19(21)10-13)20-9-7-17(23-20)12-22-16-6-5-14(2)15(3)11-16/h4-12H,1-3H3. The van der Waals surface area contributed by atoms with E-state index >= 15 is 0 Å². The first-order valence-electron chi connectivity index (χ1n) is 7.50. The van der Waals surface area contributed by atoms with Gasteiger partial charge in [-0.2, -0.15) is 0 Å². The van der Waals surface area contributed by atoms with Gasteiger partial charge in [0.05, 0.1) is 11.9 Å². The van der Waals surface area contributed by atoms with Crippen LogP contribution in [0.3, 0.4) is 0 Å². The summed E-state index contributed by atoms with van der Waals surface area (Å²) >= 11 is 3.59. The van der Waals surface area contributed by atoms with Crippen LogP contribution in [0.2, 0.25) is 0 Å². The molecule has 0 saturated heterocycles. The number of aliphatic imine (C=N–C) groups is 1. The summed E-state index contributed by atoms with van der Waals surface area (Å²) in [6.07, 6.45) is 1.76. The second-order valence-electron chi connectivity index (χ2n) is 5.71. The normalized spacial score (nSPS) is 11.3. The average Bonchev–Trinajstić information content (AvgIpc) is 2.97. The van der Waals surface area contributed by atoms with Crippen LogP contribution in [0.5, 0.6) is 0 Å². The summed E-state index contributed by atoms with van der Waals surface area (Å²) in [6, 6.07) is 16.3. The summed E-state index contributed by atoms with van der Waals surface area (Å²) in [5.41, 5.74) is 5.70. The number of rotatable bonds is 3. The van der Waals surface area contributed by atoms with Gasteiger partial charge in [0, 0.05) is 10.0 Å². The first-order chi connectivity index (χ1) is 11.0. The van der Waals surface area contributed by atoms with Gasteiger partial charge < -0.3 is 4.42 Å². The molecule has 1 heterocycles. The zero-order chi connectivity index (χ0) is 16.4.